The van der Waals surface area contributed by atoms with Gasteiger partial charge in [-0.1, -0.05) is 93.4 Å². The molecule has 4 nitrogen and oxygen atoms in total. The molecule has 2 saturated heterocycles. The number of nitrogens with zero attached hydrogens (tertiary/aromatic N) is 3. The van der Waals surface area contributed by atoms with Crippen LogP contribution in [0.25, 0.3) is 0 Å². The van der Waals surface area contributed by atoms with Crippen molar-refractivity contribution < 1.29 is 9.18 Å². The molecule has 1 aliphatic carbocycles. The Hall–Kier alpha value is -1.62. The van der Waals surface area contributed by atoms with E-state index in [1.807, 2.05) is 20.8 Å². The lowest BCUT2D eigenvalue weighted by Gasteiger charge is -2.47. The van der Waals surface area contributed by atoms with Gasteiger partial charge < -0.3 is 9.80 Å². The number of carbonyl (C=O) groups excluding carboxylic acids is 1. The van der Waals surface area contributed by atoms with E-state index in [1.54, 1.807) is 4.90 Å². The van der Waals surface area contributed by atoms with Crippen LogP contribution in [0.3, 0.4) is 0 Å². The zero-order chi connectivity index (χ0) is 37.7. The SMILES string of the molecule is CC(C)(C)C1CC(F)C(=O)N1C(C)(C)C.CC(C)(C)C1CC2CCCCC2N1C(C)(C)C.CC(C)(C)C1Cc2ccccc2N1C(C)(C)C. The number of hydrogen-bond acceptors (Lipinski definition) is 3. The minimum Gasteiger partial charge on any atom is -0.363 e. The Bertz CT molecular complexity index is 1250. The summed E-state index contributed by atoms with van der Waals surface area (Å²) in [6.07, 6.45) is 7.47. The van der Waals surface area contributed by atoms with E-state index in [-0.39, 0.29) is 28.4 Å². The summed E-state index contributed by atoms with van der Waals surface area (Å²) in [7, 11) is 0. The van der Waals surface area contributed by atoms with Gasteiger partial charge in [0.05, 0.1) is 0 Å². The average Bonchev–Trinajstić information content (AvgIpc) is 3.60. The van der Waals surface area contributed by atoms with Crippen LogP contribution in [0.4, 0.5) is 10.1 Å². The fourth-order valence-electron chi connectivity index (χ4n) is 9.35. The molecule has 0 N–H and O–H groups in total. The number of para-hydroxylation sites is 1. The number of fused-ring (bicyclic) bond motifs is 2. The normalized spacial score (nSPS) is 28.4. The van der Waals surface area contributed by atoms with Crippen LogP contribution in [0.5, 0.6) is 0 Å². The third-order valence-corrected chi connectivity index (χ3v) is 11.5. The van der Waals surface area contributed by atoms with Crippen molar-refractivity contribution in [1.82, 2.24) is 9.80 Å². The highest BCUT2D eigenvalue weighted by Crippen LogP contribution is 2.48. The van der Waals surface area contributed by atoms with Crippen molar-refractivity contribution in [1.29, 1.82) is 0 Å². The van der Waals surface area contributed by atoms with E-state index in [4.69, 9.17) is 0 Å². The van der Waals surface area contributed by atoms with E-state index < -0.39 is 6.17 Å². The molecule has 4 aliphatic rings. The highest BCUT2D eigenvalue weighted by atomic mass is 19.1. The third-order valence-electron chi connectivity index (χ3n) is 11.5. The summed E-state index contributed by atoms with van der Waals surface area (Å²) in [5, 5.41) is 0. The first-order chi connectivity index (χ1) is 22.0. The standard InChI is InChI=1S/C16H31N.C16H25N.C12H22FNO/c2*1-15(2,3)14-11-12-9-7-8-10-13(12)17(14)16(4,5)6;1-11(2,3)9-7-8(13)10(15)14(9)12(4,5)6/h12-14H,7-11H2,1-6H3;7-10,14H,11H2,1-6H3;8-9H,7H2,1-6H3. The monoisotopic (exact) mass is 684 g/mol. The number of hydrogen-bond donors (Lipinski definition) is 0. The zero-order valence-electron chi connectivity index (χ0n) is 35.4. The third kappa shape index (κ3) is 9.83. The van der Waals surface area contributed by atoms with Crippen LogP contribution in [0.1, 0.15) is 169 Å². The Kier molecular flexibility index (Phi) is 12.3. The topological polar surface area (TPSA) is 26.8 Å². The highest BCUT2D eigenvalue weighted by molar-refractivity contribution is 5.84. The van der Waals surface area contributed by atoms with Crippen LogP contribution in [-0.2, 0) is 11.2 Å². The van der Waals surface area contributed by atoms with Gasteiger partial charge in [-0.05, 0) is 122 Å². The van der Waals surface area contributed by atoms with Crippen molar-refractivity contribution in [3.8, 4) is 0 Å². The van der Waals surface area contributed by atoms with Crippen molar-refractivity contribution in [3.05, 3.63) is 29.8 Å². The fraction of sp³-hybridized carbons (Fsp3) is 0.841. The molecule has 6 unspecified atom stereocenters. The fourth-order valence-corrected chi connectivity index (χ4v) is 9.35. The second kappa shape index (κ2) is 14.4. The molecule has 3 fully saturated rings. The van der Waals surface area contributed by atoms with Crippen LogP contribution in [0.2, 0.25) is 0 Å². The number of rotatable bonds is 0. The minimum absolute atomic E-state index is 0.000000000000000444. The first-order valence-electron chi connectivity index (χ1n) is 19.6. The molecule has 49 heavy (non-hydrogen) atoms. The molecular weight excluding hydrogens is 606 g/mol. The number of anilines is 1. The van der Waals surface area contributed by atoms with Crippen molar-refractivity contribution in [2.45, 2.75) is 217 Å². The molecule has 282 valence electrons. The first-order valence-corrected chi connectivity index (χ1v) is 19.6. The van der Waals surface area contributed by atoms with E-state index in [0.717, 1.165) is 18.0 Å². The summed E-state index contributed by atoms with van der Waals surface area (Å²) in [6, 6.07) is 11.1. The maximum absolute atomic E-state index is 13.5. The highest BCUT2D eigenvalue weighted by Gasteiger charge is 2.51. The lowest BCUT2D eigenvalue weighted by atomic mass is 9.80. The lowest BCUT2D eigenvalue weighted by Crippen LogP contribution is -2.53. The van der Waals surface area contributed by atoms with E-state index >= 15 is 0 Å². The first kappa shape index (κ1) is 41.8. The summed E-state index contributed by atoms with van der Waals surface area (Å²) in [5.41, 5.74) is 3.82. The smallest absolute Gasteiger partial charge is 0.257 e. The van der Waals surface area contributed by atoms with Crippen LogP contribution in [0, 0.1) is 22.2 Å². The minimum atomic E-state index is -1.31. The molecule has 5 rings (SSSR count). The second-order valence-electron chi connectivity index (χ2n) is 22.0. The van der Waals surface area contributed by atoms with Gasteiger partial charge in [-0.2, -0.15) is 0 Å². The second-order valence-corrected chi connectivity index (χ2v) is 22.0. The molecule has 1 aromatic rings. The van der Waals surface area contributed by atoms with Gasteiger partial charge in [0.1, 0.15) is 0 Å². The number of carbonyl (C=O) groups is 1. The van der Waals surface area contributed by atoms with Crippen molar-refractivity contribution >= 4 is 11.6 Å². The Balaban J connectivity index is 0.000000200. The summed E-state index contributed by atoms with van der Waals surface area (Å²) >= 11 is 0. The summed E-state index contributed by atoms with van der Waals surface area (Å²) in [4.78, 5) is 19.0. The average molecular weight is 684 g/mol. The van der Waals surface area contributed by atoms with E-state index in [1.165, 1.54) is 49.8 Å². The predicted molar refractivity (Wildman–Crippen MR) is 210 cm³/mol. The molecule has 0 bridgehead atoms. The summed E-state index contributed by atoms with van der Waals surface area (Å²) in [5.74, 6) is 0.634. The lowest BCUT2D eigenvalue weighted by molar-refractivity contribution is -0.139. The van der Waals surface area contributed by atoms with Crippen LogP contribution >= 0.6 is 0 Å². The van der Waals surface area contributed by atoms with Crippen LogP contribution < -0.4 is 4.90 Å². The van der Waals surface area contributed by atoms with E-state index in [9.17, 15) is 9.18 Å². The maximum Gasteiger partial charge on any atom is 0.257 e. The van der Waals surface area contributed by atoms with Crippen molar-refractivity contribution in [2.75, 3.05) is 4.90 Å². The summed E-state index contributed by atoms with van der Waals surface area (Å²) in [6.45, 7) is 40.5. The molecule has 5 heteroatoms. The molecule has 3 heterocycles. The molecule has 1 amide bonds. The van der Waals surface area contributed by atoms with Gasteiger partial charge in [-0.25, -0.2) is 4.39 Å². The van der Waals surface area contributed by atoms with Gasteiger partial charge in [0, 0.05) is 52.9 Å². The molecule has 1 aromatic carbocycles. The summed E-state index contributed by atoms with van der Waals surface area (Å²) < 4.78 is 13.5. The van der Waals surface area contributed by atoms with Gasteiger partial charge in [-0.15, -0.1) is 0 Å². The quantitative estimate of drug-likeness (QED) is 0.272. The molecule has 6 atom stereocenters. The van der Waals surface area contributed by atoms with Gasteiger partial charge in [0.25, 0.3) is 5.91 Å². The molecule has 1 saturated carbocycles. The largest absolute Gasteiger partial charge is 0.363 e. The molecular formula is C44H78FN3O. The van der Waals surface area contributed by atoms with Crippen molar-refractivity contribution in [2.24, 2.45) is 22.2 Å². The van der Waals surface area contributed by atoms with Gasteiger partial charge in [-0.3, -0.25) is 9.69 Å². The van der Waals surface area contributed by atoms with Gasteiger partial charge in [0.15, 0.2) is 6.17 Å². The molecule has 0 radical (unpaired) electrons. The Morgan fingerprint density at radius 1 is 0.592 bits per heavy atom. The molecule has 0 spiro atoms. The number of likely N-dealkylation sites (tertiary alicyclic amines) is 2. The van der Waals surface area contributed by atoms with Crippen LogP contribution in [-0.4, -0.2) is 62.7 Å². The van der Waals surface area contributed by atoms with Crippen molar-refractivity contribution in [3.63, 3.8) is 0 Å². The Morgan fingerprint density at radius 3 is 1.53 bits per heavy atom. The number of alkyl halides is 1. The zero-order valence-corrected chi connectivity index (χ0v) is 35.4. The molecule has 3 aliphatic heterocycles. The van der Waals surface area contributed by atoms with E-state index in [2.05, 4.69) is 138 Å². The van der Waals surface area contributed by atoms with E-state index in [0.29, 0.717) is 28.8 Å². The van der Waals surface area contributed by atoms with Gasteiger partial charge in [0.2, 0.25) is 0 Å². The molecule has 0 aromatic heterocycles. The Morgan fingerprint density at radius 2 is 1.08 bits per heavy atom. The van der Waals surface area contributed by atoms with Crippen LogP contribution in [0.15, 0.2) is 24.3 Å². The number of benzene rings is 1. The Labute approximate surface area is 303 Å². The maximum atomic E-state index is 13.5. The van der Waals surface area contributed by atoms with Gasteiger partial charge >= 0.3 is 0 Å². The number of halogens is 1. The number of amides is 1. The predicted octanol–water partition coefficient (Wildman–Crippen LogP) is 11.5.